The third-order valence-electron chi connectivity index (χ3n) is 1.31. The Morgan fingerprint density at radius 3 is 2.31 bits per heavy atom. The molecule has 0 fully saturated rings. The molecule has 0 heterocycles. The van der Waals surface area contributed by atoms with Crippen molar-refractivity contribution >= 4 is 16.1 Å². The van der Waals surface area contributed by atoms with Crippen molar-refractivity contribution in [2.24, 2.45) is 0 Å². The van der Waals surface area contributed by atoms with Crippen molar-refractivity contribution in [1.29, 1.82) is 0 Å². The number of carbonyl (C=O) groups is 1. The van der Waals surface area contributed by atoms with Gasteiger partial charge >= 0.3 is 5.97 Å². The maximum Gasteiger partial charge on any atom is 0.336 e. The maximum absolute atomic E-state index is 10.5. The van der Waals surface area contributed by atoms with Gasteiger partial charge in [0, 0.05) is 0 Å². The minimum atomic E-state index is -4.27. The molecule has 0 saturated carbocycles. The molecule has 1 aromatic carbocycles. The van der Waals surface area contributed by atoms with E-state index in [4.69, 9.17) is 9.66 Å². The Hall–Kier alpha value is -1.40. The molecule has 2 N–H and O–H groups in total. The smallest absolute Gasteiger partial charge is 0.336 e. The SMILES string of the molecule is O=C(O)c1[c]cc(S(=O)(=O)O)cc1. The highest BCUT2D eigenvalue weighted by Crippen LogP contribution is 2.08. The first-order valence-electron chi connectivity index (χ1n) is 3.14. The molecule has 0 aliphatic rings. The van der Waals surface area contributed by atoms with Crippen LogP contribution in [-0.4, -0.2) is 24.0 Å². The summed E-state index contributed by atoms with van der Waals surface area (Å²) < 4.78 is 29.5. The molecule has 0 unspecified atom stereocenters. The summed E-state index contributed by atoms with van der Waals surface area (Å²) in [6.45, 7) is 0. The van der Waals surface area contributed by atoms with E-state index in [0.717, 1.165) is 18.2 Å². The van der Waals surface area contributed by atoms with Gasteiger partial charge in [-0.2, -0.15) is 8.42 Å². The summed E-state index contributed by atoms with van der Waals surface area (Å²) in [7, 11) is -4.27. The van der Waals surface area contributed by atoms with Crippen LogP contribution < -0.4 is 0 Å². The van der Waals surface area contributed by atoms with Gasteiger partial charge in [0.2, 0.25) is 0 Å². The molecular formula is C7H5O5S. The second-order valence-electron chi connectivity index (χ2n) is 2.22. The largest absolute Gasteiger partial charge is 0.478 e. The topological polar surface area (TPSA) is 91.7 Å². The number of rotatable bonds is 2. The summed E-state index contributed by atoms with van der Waals surface area (Å²) in [5.41, 5.74) is -0.160. The highest BCUT2D eigenvalue weighted by molar-refractivity contribution is 7.85. The van der Waals surface area contributed by atoms with Crippen LogP contribution in [0.2, 0.25) is 0 Å². The summed E-state index contributed by atoms with van der Waals surface area (Å²) in [4.78, 5) is 9.94. The molecule has 1 aromatic rings. The van der Waals surface area contributed by atoms with Crippen LogP contribution in [0.4, 0.5) is 0 Å². The van der Waals surface area contributed by atoms with E-state index in [1.54, 1.807) is 0 Å². The van der Waals surface area contributed by atoms with Gasteiger partial charge in [0.25, 0.3) is 10.1 Å². The molecule has 0 aliphatic carbocycles. The van der Waals surface area contributed by atoms with Crippen molar-refractivity contribution in [2.45, 2.75) is 4.90 Å². The molecule has 6 heteroatoms. The third-order valence-corrected chi connectivity index (χ3v) is 2.16. The van der Waals surface area contributed by atoms with Gasteiger partial charge < -0.3 is 5.11 Å². The fraction of sp³-hybridized carbons (Fsp3) is 0. The first-order valence-corrected chi connectivity index (χ1v) is 4.58. The summed E-state index contributed by atoms with van der Waals surface area (Å²) in [6.07, 6.45) is 0. The summed E-state index contributed by atoms with van der Waals surface area (Å²) in [5, 5.41) is 8.44. The molecule has 5 nitrogen and oxygen atoms in total. The maximum atomic E-state index is 10.5. The second kappa shape index (κ2) is 3.15. The lowest BCUT2D eigenvalue weighted by Crippen LogP contribution is -2.00. The predicted octanol–water partition coefficient (Wildman–Crippen LogP) is 0.432. The van der Waals surface area contributed by atoms with Gasteiger partial charge in [-0.15, -0.1) is 0 Å². The Bertz CT molecular complexity index is 417. The lowest BCUT2D eigenvalue weighted by Gasteiger charge is -1.96. The van der Waals surface area contributed by atoms with Crippen molar-refractivity contribution in [1.82, 2.24) is 0 Å². The fourth-order valence-electron chi connectivity index (χ4n) is 0.704. The Kier molecular flexibility index (Phi) is 2.35. The molecule has 0 aliphatic heterocycles. The molecule has 0 atom stereocenters. The lowest BCUT2D eigenvalue weighted by molar-refractivity contribution is 0.0696. The number of hydrogen-bond acceptors (Lipinski definition) is 3. The van der Waals surface area contributed by atoms with Crippen molar-refractivity contribution in [3.63, 3.8) is 0 Å². The normalized spacial score (nSPS) is 11.2. The molecule has 69 valence electrons. The van der Waals surface area contributed by atoms with Crippen LogP contribution in [0.15, 0.2) is 23.1 Å². The number of carboxylic acids is 1. The number of hydrogen-bond donors (Lipinski definition) is 2. The summed E-state index contributed by atoms with van der Waals surface area (Å²) >= 11 is 0. The van der Waals surface area contributed by atoms with Crippen LogP contribution in [0.1, 0.15) is 10.4 Å². The fourth-order valence-corrected chi connectivity index (χ4v) is 1.15. The first kappa shape index (κ1) is 9.69. The zero-order valence-electron chi connectivity index (χ0n) is 6.26. The molecular weight excluding hydrogens is 196 g/mol. The number of carboxylic acid groups (broad SMARTS) is 1. The van der Waals surface area contributed by atoms with E-state index < -0.39 is 16.1 Å². The highest BCUT2D eigenvalue weighted by atomic mass is 32.2. The van der Waals surface area contributed by atoms with Gasteiger partial charge in [-0.3, -0.25) is 4.55 Å². The van der Waals surface area contributed by atoms with Gasteiger partial charge in [0.1, 0.15) is 0 Å². The predicted molar refractivity (Wildman–Crippen MR) is 42.1 cm³/mol. The zero-order valence-corrected chi connectivity index (χ0v) is 7.08. The summed E-state index contributed by atoms with van der Waals surface area (Å²) in [6, 6.07) is 5.15. The van der Waals surface area contributed by atoms with Crippen LogP contribution in [0.5, 0.6) is 0 Å². The van der Waals surface area contributed by atoms with Crippen molar-refractivity contribution in [2.75, 3.05) is 0 Å². The molecule has 0 bridgehead atoms. The van der Waals surface area contributed by atoms with E-state index >= 15 is 0 Å². The van der Waals surface area contributed by atoms with Crippen molar-refractivity contribution in [3.8, 4) is 0 Å². The molecule has 0 amide bonds. The monoisotopic (exact) mass is 201 g/mol. The van der Waals surface area contributed by atoms with E-state index in [2.05, 4.69) is 6.07 Å². The number of benzene rings is 1. The van der Waals surface area contributed by atoms with Crippen LogP contribution in [-0.2, 0) is 10.1 Å². The highest BCUT2D eigenvalue weighted by Gasteiger charge is 2.10. The van der Waals surface area contributed by atoms with Gasteiger partial charge in [-0.1, -0.05) is 0 Å². The van der Waals surface area contributed by atoms with E-state index in [1.807, 2.05) is 0 Å². The molecule has 1 rings (SSSR count). The van der Waals surface area contributed by atoms with Gasteiger partial charge in [-0.05, 0) is 24.3 Å². The van der Waals surface area contributed by atoms with Crippen molar-refractivity contribution in [3.05, 3.63) is 29.8 Å². The molecule has 1 radical (unpaired) electrons. The Labute approximate surface area is 74.4 Å². The van der Waals surface area contributed by atoms with Crippen LogP contribution in [0.3, 0.4) is 0 Å². The van der Waals surface area contributed by atoms with Crippen LogP contribution in [0.25, 0.3) is 0 Å². The Morgan fingerprint density at radius 1 is 1.38 bits per heavy atom. The van der Waals surface area contributed by atoms with Crippen LogP contribution in [0, 0.1) is 6.07 Å². The third kappa shape index (κ3) is 2.27. The van der Waals surface area contributed by atoms with Gasteiger partial charge in [0.15, 0.2) is 0 Å². The minimum Gasteiger partial charge on any atom is -0.478 e. The number of aromatic carboxylic acids is 1. The standard InChI is InChI=1S/C7H5O5S/c8-7(9)5-1-3-6(4-2-5)13(10,11)12/h1,3-4H,(H,8,9)(H,10,11,12). The van der Waals surface area contributed by atoms with Gasteiger partial charge in [0.05, 0.1) is 10.5 Å². The van der Waals surface area contributed by atoms with E-state index in [9.17, 15) is 13.2 Å². The zero-order chi connectivity index (χ0) is 10.1. The quantitative estimate of drug-likeness (QED) is 0.677. The Balaban J connectivity index is 3.16. The lowest BCUT2D eigenvalue weighted by atomic mass is 10.2. The molecule has 0 spiro atoms. The average molecular weight is 201 g/mol. The van der Waals surface area contributed by atoms with Gasteiger partial charge in [-0.25, -0.2) is 4.79 Å². The van der Waals surface area contributed by atoms with Crippen LogP contribution >= 0.6 is 0 Å². The van der Waals surface area contributed by atoms with E-state index in [1.165, 1.54) is 0 Å². The molecule has 0 aromatic heterocycles. The van der Waals surface area contributed by atoms with E-state index in [0.29, 0.717) is 0 Å². The molecule has 13 heavy (non-hydrogen) atoms. The molecule has 0 saturated heterocycles. The average Bonchev–Trinajstić information content (AvgIpc) is 2.03. The second-order valence-corrected chi connectivity index (χ2v) is 3.64. The first-order chi connectivity index (χ1) is 5.91. The minimum absolute atomic E-state index is 0.160. The summed E-state index contributed by atoms with van der Waals surface area (Å²) in [5.74, 6) is -1.21. The van der Waals surface area contributed by atoms with Crippen molar-refractivity contribution < 1.29 is 22.9 Å². The Morgan fingerprint density at radius 2 is 2.00 bits per heavy atom. The van der Waals surface area contributed by atoms with E-state index in [-0.39, 0.29) is 10.5 Å².